The number of phenols is 7. The van der Waals surface area contributed by atoms with Crippen molar-refractivity contribution in [3.05, 3.63) is 252 Å². The van der Waals surface area contributed by atoms with E-state index in [1.807, 2.05) is 138 Å². The minimum Gasteiger partial charge on any atom is -0.508 e. The van der Waals surface area contributed by atoms with Crippen LogP contribution in [-0.4, -0.2) is 53.2 Å². The third-order valence-corrected chi connectivity index (χ3v) is 15.4. The topological polar surface area (TPSA) is 179 Å². The van der Waals surface area contributed by atoms with E-state index in [0.717, 1.165) is 56.4 Å². The Labute approximate surface area is 452 Å². The maximum atomic E-state index is 12.5. The van der Waals surface area contributed by atoms with E-state index in [-0.39, 0.29) is 59.0 Å². The van der Waals surface area contributed by atoms with Crippen molar-refractivity contribution in [1.29, 1.82) is 0 Å². The number of aromatic hydroxyl groups is 7. The van der Waals surface area contributed by atoms with E-state index in [0.29, 0.717) is 81.3 Å². The van der Waals surface area contributed by atoms with Gasteiger partial charge in [0, 0.05) is 55.8 Å². The maximum Gasteiger partial charge on any atom is 0.126 e. The fourth-order valence-electron chi connectivity index (χ4n) is 10.7. The molecular formula is C68H70O9. The van der Waals surface area contributed by atoms with E-state index in [9.17, 15) is 45.6 Å². The lowest BCUT2D eigenvalue weighted by molar-refractivity contribution is -0.109. The zero-order chi connectivity index (χ0) is 55.5. The second kappa shape index (κ2) is 22.9. The zero-order valence-electron chi connectivity index (χ0n) is 45.0. The van der Waals surface area contributed by atoms with Gasteiger partial charge in [-0.2, -0.15) is 0 Å². The smallest absolute Gasteiger partial charge is 0.126 e. The molecule has 0 spiro atoms. The number of aliphatic hydroxyl groups is 1. The highest BCUT2D eigenvalue weighted by Crippen LogP contribution is 2.47. The monoisotopic (exact) mass is 1030 g/mol. The fraction of sp³-hybridized carbons (Fsp3) is 0.250. The van der Waals surface area contributed by atoms with Crippen molar-refractivity contribution in [3.8, 4) is 40.2 Å². The normalized spacial score (nSPS) is 15.7. The molecule has 0 bridgehead atoms. The summed E-state index contributed by atoms with van der Waals surface area (Å²) < 4.78 is 0. The van der Waals surface area contributed by atoms with E-state index >= 15 is 0 Å². The molecule has 0 saturated carbocycles. The molecule has 8 rings (SSSR count). The maximum absolute atomic E-state index is 12.5. The Morgan fingerprint density at radius 3 is 1.21 bits per heavy atom. The molecule has 0 aromatic heterocycles. The van der Waals surface area contributed by atoms with E-state index in [2.05, 4.69) is 13.5 Å². The molecule has 0 saturated heterocycles. The lowest BCUT2D eigenvalue weighted by atomic mass is 9.68. The SMILES string of the molecule is C=C/C(=C\C(C)C=O)Cc1cc(C(C)(c2cc(CC3=CC(C)C(O)C=C3)c(O)c(Cc3ccc(O)c(C)c3)c2)c2cc(Cc3ccc(O)c(C)c3)c(O)c(Cc3ccc(O)c(C)c3)c2)cc(Cc2ccc(O)c(C)c2)c1O. The molecule has 4 atom stereocenters. The predicted molar refractivity (Wildman–Crippen MR) is 306 cm³/mol. The predicted octanol–water partition coefficient (Wildman–Crippen LogP) is 13.1. The molecule has 0 heterocycles. The highest BCUT2D eigenvalue weighted by molar-refractivity contribution is 5.63. The van der Waals surface area contributed by atoms with Crippen LogP contribution in [0.2, 0.25) is 0 Å². The molecule has 1 aliphatic rings. The molecule has 77 heavy (non-hydrogen) atoms. The first-order valence-corrected chi connectivity index (χ1v) is 26.2. The van der Waals surface area contributed by atoms with Crippen LogP contribution in [0.25, 0.3) is 0 Å². The summed E-state index contributed by atoms with van der Waals surface area (Å²) in [7, 11) is 0. The van der Waals surface area contributed by atoms with Gasteiger partial charge in [-0.15, -0.1) is 0 Å². The van der Waals surface area contributed by atoms with Gasteiger partial charge in [-0.1, -0.05) is 136 Å². The second-order valence-electron chi connectivity index (χ2n) is 21.5. The van der Waals surface area contributed by atoms with Gasteiger partial charge >= 0.3 is 0 Å². The zero-order valence-corrected chi connectivity index (χ0v) is 45.0. The molecule has 9 nitrogen and oxygen atoms in total. The summed E-state index contributed by atoms with van der Waals surface area (Å²) in [6, 6.07) is 33.7. The van der Waals surface area contributed by atoms with Crippen LogP contribution in [0.5, 0.6) is 40.2 Å². The molecule has 7 aromatic carbocycles. The van der Waals surface area contributed by atoms with Crippen LogP contribution in [0, 0.1) is 39.5 Å². The van der Waals surface area contributed by atoms with Crippen molar-refractivity contribution in [3.63, 3.8) is 0 Å². The molecule has 9 heteroatoms. The first-order chi connectivity index (χ1) is 36.6. The first kappa shape index (κ1) is 55.0. The lowest BCUT2D eigenvalue weighted by Gasteiger charge is -2.35. The molecular weight excluding hydrogens is 961 g/mol. The van der Waals surface area contributed by atoms with E-state index in [1.165, 1.54) is 0 Å². The van der Waals surface area contributed by atoms with Crippen LogP contribution in [0.3, 0.4) is 0 Å². The molecule has 4 unspecified atom stereocenters. The Kier molecular flexibility index (Phi) is 16.4. The Morgan fingerprint density at radius 2 is 0.883 bits per heavy atom. The summed E-state index contributed by atoms with van der Waals surface area (Å²) in [6.45, 7) is 17.3. The summed E-state index contributed by atoms with van der Waals surface area (Å²) in [5, 5.41) is 90.5. The summed E-state index contributed by atoms with van der Waals surface area (Å²) in [5.41, 5.74) is 12.7. The molecule has 7 aromatic rings. The molecule has 396 valence electrons. The van der Waals surface area contributed by atoms with Gasteiger partial charge in [0.15, 0.2) is 0 Å². The Balaban J connectivity index is 1.48. The summed E-state index contributed by atoms with van der Waals surface area (Å²) in [6.07, 6.45) is 11.2. The standard InChI is InChI=1S/C68H70O9/c1-9-45(20-39(2)38-69)26-51-32-57(33-52(65(51)75)27-46-10-15-60(70)40(3)21-46)68(8,58-34-53(28-47-11-16-61(71)41(4)22-47)66(76)54(35-58)29-48-12-17-62(72)42(5)23-48)59-36-55(30-49-13-18-63(73)43(6)24-49)67(77)56(37-59)31-50-14-19-64(74)44(7)25-50/h9-25,32-39,41,61,70-77H,1,26-31H2,2-8H3/b45-20+. The average Bonchev–Trinajstić information content (AvgIpc) is 3.52. The number of rotatable bonds is 18. The largest absolute Gasteiger partial charge is 0.508 e. The van der Waals surface area contributed by atoms with Crippen molar-refractivity contribution in [2.75, 3.05) is 0 Å². The van der Waals surface area contributed by atoms with Crippen molar-refractivity contribution in [1.82, 2.24) is 0 Å². The Morgan fingerprint density at radius 1 is 0.545 bits per heavy atom. The van der Waals surface area contributed by atoms with Gasteiger partial charge in [0.05, 0.1) is 6.10 Å². The number of hydrogen-bond acceptors (Lipinski definition) is 9. The van der Waals surface area contributed by atoms with Crippen molar-refractivity contribution in [2.45, 2.75) is 98.5 Å². The number of hydrogen-bond donors (Lipinski definition) is 8. The van der Waals surface area contributed by atoms with Crippen molar-refractivity contribution in [2.24, 2.45) is 11.8 Å². The lowest BCUT2D eigenvalue weighted by Crippen LogP contribution is -2.27. The van der Waals surface area contributed by atoms with E-state index in [1.54, 1.807) is 43.3 Å². The molecule has 0 amide bonds. The van der Waals surface area contributed by atoms with E-state index in [4.69, 9.17) is 0 Å². The molecule has 1 aliphatic carbocycles. The second-order valence-corrected chi connectivity index (χ2v) is 21.5. The number of aldehydes is 1. The number of benzene rings is 7. The number of allylic oxidation sites excluding steroid dienone is 5. The Hall–Kier alpha value is -8.27. The summed E-state index contributed by atoms with van der Waals surface area (Å²) in [5.74, 6) is 0.302. The van der Waals surface area contributed by atoms with Crippen molar-refractivity contribution >= 4 is 6.29 Å². The summed E-state index contributed by atoms with van der Waals surface area (Å²) >= 11 is 0. The molecule has 0 fully saturated rings. The number of aryl methyl sites for hydroxylation is 4. The number of aliphatic hydroxyl groups excluding tert-OH is 1. The average molecular weight is 1030 g/mol. The highest BCUT2D eigenvalue weighted by atomic mass is 16.3. The van der Waals surface area contributed by atoms with Crippen molar-refractivity contribution < 1.29 is 45.6 Å². The van der Waals surface area contributed by atoms with Gasteiger partial charge < -0.3 is 45.6 Å². The van der Waals surface area contributed by atoms with Gasteiger partial charge in [0.2, 0.25) is 0 Å². The Bertz CT molecular complexity index is 3430. The quantitative estimate of drug-likeness (QED) is 0.0236. The van der Waals surface area contributed by atoms with Crippen LogP contribution in [0.1, 0.15) is 115 Å². The van der Waals surface area contributed by atoms with Gasteiger partial charge in [-0.05, 0) is 165 Å². The highest BCUT2D eigenvalue weighted by Gasteiger charge is 2.36. The van der Waals surface area contributed by atoms with Crippen LogP contribution in [0.4, 0.5) is 0 Å². The minimum atomic E-state index is -1.16. The number of phenolic OH excluding ortho intramolecular Hbond substituents is 7. The third kappa shape index (κ3) is 12.2. The summed E-state index contributed by atoms with van der Waals surface area (Å²) in [4.78, 5) is 12.0. The van der Waals surface area contributed by atoms with Crippen LogP contribution < -0.4 is 0 Å². The van der Waals surface area contributed by atoms with Crippen LogP contribution in [-0.2, 0) is 48.7 Å². The van der Waals surface area contributed by atoms with Gasteiger partial charge in [-0.25, -0.2) is 0 Å². The fourth-order valence-corrected chi connectivity index (χ4v) is 10.7. The molecule has 8 N–H and O–H groups in total. The van der Waals surface area contributed by atoms with Crippen LogP contribution >= 0.6 is 0 Å². The molecule has 0 radical (unpaired) electrons. The van der Waals surface area contributed by atoms with Gasteiger partial charge in [0.1, 0.15) is 46.5 Å². The van der Waals surface area contributed by atoms with Crippen LogP contribution in [0.15, 0.2) is 157 Å². The van der Waals surface area contributed by atoms with Gasteiger partial charge in [-0.3, -0.25) is 0 Å². The number of carbonyl (C=O) groups is 1. The van der Waals surface area contributed by atoms with Gasteiger partial charge in [0.25, 0.3) is 0 Å². The first-order valence-electron chi connectivity index (χ1n) is 26.2. The minimum absolute atomic E-state index is 0.0629. The third-order valence-electron chi connectivity index (χ3n) is 15.4. The van der Waals surface area contributed by atoms with E-state index < -0.39 is 17.4 Å². The molecule has 0 aliphatic heterocycles. The number of carbonyl (C=O) groups excluding carboxylic acids is 1.